The van der Waals surface area contributed by atoms with Crippen molar-refractivity contribution < 1.29 is 19.0 Å². The molecule has 0 aliphatic heterocycles. The molecule has 1 amide bonds. The maximum atomic E-state index is 13.0. The second-order valence-electron chi connectivity index (χ2n) is 6.49. The fourth-order valence-electron chi connectivity index (χ4n) is 2.91. The third kappa shape index (κ3) is 3.26. The largest absolute Gasteiger partial charge is 0.478 e. The Morgan fingerprint density at radius 2 is 1.88 bits per heavy atom. The normalized spacial score (nSPS) is 19.7. The number of nitrogens with one attached hydrogen (secondary N) is 1. The van der Waals surface area contributed by atoms with Gasteiger partial charge in [0, 0.05) is 6.42 Å². The number of ether oxygens (including phenoxy) is 1. The van der Waals surface area contributed by atoms with Crippen LogP contribution in [0.25, 0.3) is 0 Å². The lowest BCUT2D eigenvalue weighted by molar-refractivity contribution is -0.135. The van der Waals surface area contributed by atoms with Crippen LogP contribution in [-0.4, -0.2) is 22.7 Å². The summed E-state index contributed by atoms with van der Waals surface area (Å²) in [6, 6.07) is 12.7. The van der Waals surface area contributed by atoms with Crippen molar-refractivity contribution in [2.24, 2.45) is 0 Å². The molecule has 2 N–H and O–H groups in total. The van der Waals surface area contributed by atoms with Gasteiger partial charge in [-0.1, -0.05) is 24.3 Å². The molecule has 0 radical (unpaired) electrons. The third-order valence-electron chi connectivity index (χ3n) is 4.22. The minimum Gasteiger partial charge on any atom is -0.478 e. The van der Waals surface area contributed by atoms with Gasteiger partial charge in [-0.05, 0) is 49.2 Å². The summed E-state index contributed by atoms with van der Waals surface area (Å²) < 4.78 is 18.7. The summed E-state index contributed by atoms with van der Waals surface area (Å²) in [5.41, 5.74) is 0.804. The molecular formula is C19H20FNO3. The second kappa shape index (κ2) is 6.24. The predicted octanol–water partition coefficient (Wildman–Crippen LogP) is 2.76. The maximum absolute atomic E-state index is 13.0. The van der Waals surface area contributed by atoms with Crippen LogP contribution in [0.1, 0.15) is 31.0 Å². The van der Waals surface area contributed by atoms with Crippen LogP contribution in [0.15, 0.2) is 48.5 Å². The zero-order chi connectivity index (χ0) is 17.3. The first-order valence-corrected chi connectivity index (χ1v) is 7.88. The molecule has 126 valence electrons. The van der Waals surface area contributed by atoms with Crippen LogP contribution in [0.5, 0.6) is 5.75 Å². The van der Waals surface area contributed by atoms with Gasteiger partial charge >= 0.3 is 0 Å². The number of aliphatic hydroxyl groups is 1. The van der Waals surface area contributed by atoms with Gasteiger partial charge in [0.1, 0.15) is 11.6 Å². The minimum atomic E-state index is -1.16. The van der Waals surface area contributed by atoms with Gasteiger partial charge in [-0.3, -0.25) is 4.79 Å². The fourth-order valence-corrected chi connectivity index (χ4v) is 2.91. The molecule has 4 nitrogen and oxygen atoms in total. The van der Waals surface area contributed by atoms with Crippen LogP contribution in [0.3, 0.4) is 0 Å². The van der Waals surface area contributed by atoms with Crippen molar-refractivity contribution in [2.75, 3.05) is 0 Å². The fraction of sp³-hybridized carbons (Fsp3) is 0.316. The van der Waals surface area contributed by atoms with Gasteiger partial charge < -0.3 is 15.2 Å². The van der Waals surface area contributed by atoms with E-state index in [0.29, 0.717) is 12.2 Å². The number of halogens is 1. The molecule has 3 rings (SSSR count). The Morgan fingerprint density at radius 3 is 2.58 bits per heavy atom. The smallest absolute Gasteiger partial charge is 0.264 e. The Bertz CT molecular complexity index is 743. The van der Waals surface area contributed by atoms with E-state index in [4.69, 9.17) is 4.74 Å². The molecule has 2 atom stereocenters. The van der Waals surface area contributed by atoms with E-state index in [1.807, 2.05) is 24.3 Å². The molecule has 0 unspecified atom stereocenters. The zero-order valence-corrected chi connectivity index (χ0v) is 13.6. The van der Waals surface area contributed by atoms with E-state index in [2.05, 4.69) is 5.32 Å². The van der Waals surface area contributed by atoms with Gasteiger partial charge in [-0.2, -0.15) is 0 Å². The topological polar surface area (TPSA) is 58.6 Å². The van der Waals surface area contributed by atoms with E-state index in [1.54, 1.807) is 13.8 Å². The van der Waals surface area contributed by atoms with E-state index >= 15 is 0 Å². The van der Waals surface area contributed by atoms with Crippen molar-refractivity contribution in [3.63, 3.8) is 0 Å². The Kier molecular flexibility index (Phi) is 4.28. The highest BCUT2D eigenvalue weighted by Crippen LogP contribution is 2.32. The van der Waals surface area contributed by atoms with E-state index in [9.17, 15) is 14.3 Å². The molecule has 1 aliphatic rings. The van der Waals surface area contributed by atoms with Crippen LogP contribution in [0, 0.1) is 5.82 Å². The molecule has 5 heteroatoms. The van der Waals surface area contributed by atoms with Crippen molar-refractivity contribution >= 4 is 5.91 Å². The van der Waals surface area contributed by atoms with E-state index in [0.717, 1.165) is 11.1 Å². The second-order valence-corrected chi connectivity index (χ2v) is 6.49. The van der Waals surface area contributed by atoms with Gasteiger partial charge in [0.25, 0.3) is 5.91 Å². The average Bonchev–Trinajstić information content (AvgIpc) is 2.85. The number of amides is 1. The Morgan fingerprint density at radius 1 is 1.21 bits per heavy atom. The van der Waals surface area contributed by atoms with Crippen LogP contribution < -0.4 is 10.1 Å². The first-order valence-electron chi connectivity index (χ1n) is 7.88. The van der Waals surface area contributed by atoms with Gasteiger partial charge in [0.2, 0.25) is 0 Å². The highest BCUT2D eigenvalue weighted by Gasteiger charge is 2.37. The van der Waals surface area contributed by atoms with Crippen LogP contribution in [0.4, 0.5) is 4.39 Å². The molecule has 0 bridgehead atoms. The lowest BCUT2D eigenvalue weighted by atomic mass is 10.0. The van der Waals surface area contributed by atoms with Crippen molar-refractivity contribution in [1.29, 1.82) is 0 Å². The number of hydrogen-bond donors (Lipinski definition) is 2. The summed E-state index contributed by atoms with van der Waals surface area (Å²) in [5.74, 6) is -0.299. The average molecular weight is 329 g/mol. The highest BCUT2D eigenvalue weighted by molar-refractivity contribution is 5.85. The number of hydrogen-bond acceptors (Lipinski definition) is 3. The number of aliphatic hydroxyl groups excluding tert-OH is 1. The van der Waals surface area contributed by atoms with Crippen molar-refractivity contribution in [3.05, 3.63) is 65.5 Å². The molecule has 24 heavy (non-hydrogen) atoms. The molecule has 1 aliphatic carbocycles. The number of carbonyl (C=O) groups excluding carboxylic acids is 1. The van der Waals surface area contributed by atoms with Crippen LogP contribution in [0.2, 0.25) is 0 Å². The minimum absolute atomic E-state index is 0.340. The molecule has 2 aromatic rings. The molecule has 0 fully saturated rings. The lowest BCUT2D eigenvalue weighted by Gasteiger charge is -2.28. The predicted molar refractivity (Wildman–Crippen MR) is 88.1 cm³/mol. The van der Waals surface area contributed by atoms with Gasteiger partial charge in [-0.25, -0.2) is 4.39 Å². The van der Waals surface area contributed by atoms with Crippen molar-refractivity contribution in [2.45, 2.75) is 38.0 Å². The summed E-state index contributed by atoms with van der Waals surface area (Å²) in [6.07, 6.45) is -0.145. The van der Waals surface area contributed by atoms with Crippen LogP contribution in [-0.2, 0) is 11.2 Å². The van der Waals surface area contributed by atoms with Crippen molar-refractivity contribution in [3.8, 4) is 5.75 Å². The quantitative estimate of drug-likeness (QED) is 0.907. The van der Waals surface area contributed by atoms with E-state index < -0.39 is 17.7 Å². The summed E-state index contributed by atoms with van der Waals surface area (Å²) in [4.78, 5) is 12.6. The molecule has 0 heterocycles. The van der Waals surface area contributed by atoms with Gasteiger partial charge in [0.05, 0.1) is 12.1 Å². The summed E-state index contributed by atoms with van der Waals surface area (Å²) in [6.45, 7) is 3.28. The third-order valence-corrected chi connectivity index (χ3v) is 4.22. The number of benzene rings is 2. The molecule has 2 aromatic carbocycles. The SMILES string of the molecule is CC(C)(Oc1ccc(F)cc1)C(=O)N[C@H]1c2ccccc2C[C@H]1O. The first-order chi connectivity index (χ1) is 11.4. The molecule has 0 aromatic heterocycles. The summed E-state index contributed by atoms with van der Waals surface area (Å²) >= 11 is 0. The Labute approximate surface area is 140 Å². The first kappa shape index (κ1) is 16.5. The number of carbonyl (C=O) groups is 1. The molecule has 0 saturated carbocycles. The number of rotatable bonds is 4. The van der Waals surface area contributed by atoms with Crippen LogP contribution >= 0.6 is 0 Å². The molecular weight excluding hydrogens is 309 g/mol. The molecule has 0 saturated heterocycles. The summed E-state index contributed by atoms with van der Waals surface area (Å²) in [5, 5.41) is 13.1. The van der Waals surface area contributed by atoms with E-state index in [-0.39, 0.29) is 11.7 Å². The Hall–Kier alpha value is -2.40. The lowest BCUT2D eigenvalue weighted by Crippen LogP contribution is -2.49. The highest BCUT2D eigenvalue weighted by atomic mass is 19.1. The Balaban J connectivity index is 1.73. The summed E-state index contributed by atoms with van der Waals surface area (Å²) in [7, 11) is 0. The van der Waals surface area contributed by atoms with Gasteiger partial charge in [-0.15, -0.1) is 0 Å². The monoisotopic (exact) mass is 329 g/mol. The standard InChI is InChI=1S/C19H20FNO3/c1-19(2,24-14-9-7-13(20)8-10-14)18(23)21-17-15-6-4-3-5-12(15)11-16(17)22/h3-10,16-17,22H,11H2,1-2H3,(H,21,23)/t16-,17+/m1/s1. The van der Waals surface area contributed by atoms with Gasteiger partial charge in [0.15, 0.2) is 5.60 Å². The number of fused-ring (bicyclic) bond motifs is 1. The van der Waals surface area contributed by atoms with E-state index in [1.165, 1.54) is 24.3 Å². The van der Waals surface area contributed by atoms with Crippen molar-refractivity contribution in [1.82, 2.24) is 5.32 Å². The maximum Gasteiger partial charge on any atom is 0.264 e. The molecule has 0 spiro atoms. The zero-order valence-electron chi connectivity index (χ0n) is 13.6.